The highest BCUT2D eigenvalue weighted by atomic mass is 79.9. The zero-order chi connectivity index (χ0) is 18.8. The first-order valence-corrected chi connectivity index (χ1v) is 11.2. The van der Waals surface area contributed by atoms with Crippen molar-refractivity contribution < 1.29 is 9.53 Å². The van der Waals surface area contributed by atoms with Crippen molar-refractivity contribution >= 4 is 38.2 Å². The average Bonchev–Trinajstić information content (AvgIpc) is 3.02. The van der Waals surface area contributed by atoms with Crippen molar-refractivity contribution in [2.45, 2.75) is 38.6 Å². The minimum absolute atomic E-state index is 0.00591. The fourth-order valence-corrected chi connectivity index (χ4v) is 5.81. The Hall–Kier alpha value is -1.21. The van der Waals surface area contributed by atoms with Gasteiger partial charge >= 0.3 is 0 Å². The smallest absolute Gasteiger partial charge is 0.221 e. The van der Waals surface area contributed by atoms with E-state index in [1.807, 2.05) is 0 Å². The molecule has 1 amide bonds. The largest absolute Gasteiger partial charge is 0.379 e. The van der Waals surface area contributed by atoms with E-state index in [1.54, 1.807) is 18.3 Å². The van der Waals surface area contributed by atoms with Gasteiger partial charge in [-0.1, -0.05) is 28.1 Å². The Morgan fingerprint density at radius 1 is 1.19 bits per heavy atom. The van der Waals surface area contributed by atoms with E-state index < -0.39 is 0 Å². The number of aryl methyl sites for hydroxylation is 1. The number of hydrogen-bond donors (Lipinski definition) is 1. The van der Waals surface area contributed by atoms with Gasteiger partial charge in [0.25, 0.3) is 0 Å². The molecular weight excluding hydrogens is 424 g/mol. The van der Waals surface area contributed by atoms with Gasteiger partial charge in [0.05, 0.1) is 19.3 Å². The molecule has 0 spiro atoms. The molecule has 0 saturated carbocycles. The fourth-order valence-electron chi connectivity index (χ4n) is 4.17. The minimum Gasteiger partial charge on any atom is -0.379 e. The van der Waals surface area contributed by atoms with Gasteiger partial charge in [-0.15, -0.1) is 11.3 Å². The molecular formula is C21H25BrN2O2S. The van der Waals surface area contributed by atoms with Crippen LogP contribution in [0.15, 0.2) is 28.7 Å². The lowest BCUT2D eigenvalue weighted by Crippen LogP contribution is -2.40. The molecule has 1 aromatic heterocycles. The van der Waals surface area contributed by atoms with Crippen molar-refractivity contribution in [3.63, 3.8) is 0 Å². The summed E-state index contributed by atoms with van der Waals surface area (Å²) < 4.78 is 6.70. The molecule has 1 aliphatic heterocycles. The molecule has 1 atom stereocenters. The number of fused-ring (bicyclic) bond motifs is 1. The third-order valence-electron chi connectivity index (χ3n) is 5.37. The molecule has 1 aromatic carbocycles. The first-order chi connectivity index (χ1) is 13.1. The molecule has 27 heavy (non-hydrogen) atoms. The lowest BCUT2D eigenvalue weighted by Gasteiger charge is -2.36. The number of halogens is 1. The summed E-state index contributed by atoms with van der Waals surface area (Å²) in [6, 6.07) is 8.78. The van der Waals surface area contributed by atoms with Crippen LogP contribution in [0, 0.1) is 0 Å². The van der Waals surface area contributed by atoms with Crippen molar-refractivity contribution in [3.8, 4) is 0 Å². The van der Waals surface area contributed by atoms with Gasteiger partial charge < -0.3 is 10.1 Å². The summed E-state index contributed by atoms with van der Waals surface area (Å²) in [5.41, 5.74) is 4.06. The lowest BCUT2D eigenvalue weighted by atomic mass is 9.88. The molecule has 2 heterocycles. The van der Waals surface area contributed by atoms with E-state index in [2.05, 4.69) is 50.4 Å². The number of anilines is 1. The van der Waals surface area contributed by atoms with Crippen LogP contribution >= 0.6 is 27.3 Å². The highest BCUT2D eigenvalue weighted by Gasteiger charge is 2.32. The predicted octanol–water partition coefficient (Wildman–Crippen LogP) is 4.77. The van der Waals surface area contributed by atoms with Crippen LogP contribution in [0.5, 0.6) is 0 Å². The summed E-state index contributed by atoms with van der Waals surface area (Å²) in [5, 5.41) is 4.18. The number of nitrogens with one attached hydrogen (secondary N) is 1. The summed E-state index contributed by atoms with van der Waals surface area (Å²) >= 11 is 5.34. The quantitative estimate of drug-likeness (QED) is 0.731. The topological polar surface area (TPSA) is 41.6 Å². The maximum Gasteiger partial charge on any atom is 0.221 e. The molecule has 0 bridgehead atoms. The van der Waals surface area contributed by atoms with Crippen LogP contribution in [0.1, 0.15) is 47.4 Å². The number of ether oxygens (including phenoxy) is 1. The SMILES string of the molecule is CC(=O)Nc1sc2c(c1[C@@H](c1ccc(Br)cc1)N1CCOCC1)CCCC2. The van der Waals surface area contributed by atoms with E-state index in [4.69, 9.17) is 4.74 Å². The van der Waals surface area contributed by atoms with Gasteiger partial charge in [0.2, 0.25) is 5.91 Å². The Balaban J connectivity index is 1.84. The second-order valence-electron chi connectivity index (χ2n) is 7.24. The first-order valence-electron chi connectivity index (χ1n) is 9.63. The standard InChI is InChI=1S/C21H25BrN2O2S/c1-14(25)23-21-19(17-4-2-3-5-18(17)27-21)20(24-10-12-26-13-11-24)15-6-8-16(22)9-7-15/h6-9,20H,2-5,10-13H2,1H3,(H,23,25)/t20-/m1/s1. The van der Waals surface area contributed by atoms with Gasteiger partial charge in [-0.05, 0) is 48.9 Å². The van der Waals surface area contributed by atoms with Crippen molar-refractivity contribution in [1.82, 2.24) is 4.90 Å². The lowest BCUT2D eigenvalue weighted by molar-refractivity contribution is -0.114. The second kappa shape index (κ2) is 8.43. The second-order valence-corrected chi connectivity index (χ2v) is 9.26. The number of thiophene rings is 1. The van der Waals surface area contributed by atoms with Crippen molar-refractivity contribution in [1.29, 1.82) is 0 Å². The van der Waals surface area contributed by atoms with E-state index in [1.165, 1.54) is 34.4 Å². The van der Waals surface area contributed by atoms with Crippen LogP contribution < -0.4 is 5.32 Å². The number of amides is 1. The number of morpholine rings is 1. The molecule has 144 valence electrons. The zero-order valence-electron chi connectivity index (χ0n) is 15.6. The highest BCUT2D eigenvalue weighted by molar-refractivity contribution is 9.10. The number of hydrogen-bond acceptors (Lipinski definition) is 4. The molecule has 6 heteroatoms. The van der Waals surface area contributed by atoms with Gasteiger partial charge in [-0.2, -0.15) is 0 Å². The number of rotatable bonds is 4. The number of benzene rings is 1. The zero-order valence-corrected chi connectivity index (χ0v) is 18.0. The van der Waals surface area contributed by atoms with Crippen LogP contribution in [-0.4, -0.2) is 37.1 Å². The van der Waals surface area contributed by atoms with E-state index in [-0.39, 0.29) is 11.9 Å². The molecule has 1 saturated heterocycles. The van der Waals surface area contributed by atoms with Crippen LogP contribution in [0.2, 0.25) is 0 Å². The number of carbonyl (C=O) groups excluding carboxylic acids is 1. The third kappa shape index (κ3) is 4.14. The summed E-state index contributed by atoms with van der Waals surface area (Å²) in [7, 11) is 0. The summed E-state index contributed by atoms with van der Waals surface area (Å²) in [6.45, 7) is 4.94. The Morgan fingerprint density at radius 3 is 2.59 bits per heavy atom. The molecule has 1 N–H and O–H groups in total. The van der Waals surface area contributed by atoms with Gasteiger partial charge in [0, 0.05) is 34.9 Å². The maximum atomic E-state index is 11.9. The molecule has 1 fully saturated rings. The number of nitrogens with zero attached hydrogens (tertiary/aromatic N) is 1. The Bertz CT molecular complexity index is 812. The van der Waals surface area contributed by atoms with Gasteiger partial charge in [0.15, 0.2) is 0 Å². The molecule has 1 aliphatic carbocycles. The fraction of sp³-hybridized carbons (Fsp3) is 0.476. The summed E-state index contributed by atoms with van der Waals surface area (Å²) in [5.74, 6) is 0.00591. The minimum atomic E-state index is 0.00591. The van der Waals surface area contributed by atoms with Crippen LogP contribution in [0.25, 0.3) is 0 Å². The monoisotopic (exact) mass is 448 g/mol. The molecule has 0 unspecified atom stereocenters. The Morgan fingerprint density at radius 2 is 1.89 bits per heavy atom. The molecule has 4 rings (SSSR count). The number of carbonyl (C=O) groups is 1. The third-order valence-corrected chi connectivity index (χ3v) is 7.12. The van der Waals surface area contributed by atoms with Crippen LogP contribution in [0.4, 0.5) is 5.00 Å². The highest BCUT2D eigenvalue weighted by Crippen LogP contribution is 2.45. The summed E-state index contributed by atoms with van der Waals surface area (Å²) in [6.07, 6.45) is 4.71. The van der Waals surface area contributed by atoms with Crippen molar-refractivity contribution in [3.05, 3.63) is 50.3 Å². The molecule has 4 nitrogen and oxygen atoms in total. The Kier molecular flexibility index (Phi) is 5.97. The first kappa shape index (κ1) is 19.1. The maximum absolute atomic E-state index is 11.9. The normalized spacial score (nSPS) is 18.7. The van der Waals surface area contributed by atoms with Gasteiger partial charge in [-0.3, -0.25) is 9.69 Å². The van der Waals surface area contributed by atoms with Crippen molar-refractivity contribution in [2.75, 3.05) is 31.6 Å². The predicted molar refractivity (Wildman–Crippen MR) is 114 cm³/mol. The average molecular weight is 449 g/mol. The molecule has 2 aromatic rings. The van der Waals surface area contributed by atoms with E-state index >= 15 is 0 Å². The van der Waals surface area contributed by atoms with Gasteiger partial charge in [-0.25, -0.2) is 0 Å². The molecule has 2 aliphatic rings. The Labute approximate surface area is 173 Å². The van der Waals surface area contributed by atoms with E-state index in [0.29, 0.717) is 0 Å². The van der Waals surface area contributed by atoms with Crippen LogP contribution in [0.3, 0.4) is 0 Å². The van der Waals surface area contributed by atoms with Crippen molar-refractivity contribution in [2.24, 2.45) is 0 Å². The summed E-state index contributed by atoms with van der Waals surface area (Å²) in [4.78, 5) is 15.9. The van der Waals surface area contributed by atoms with E-state index in [0.717, 1.165) is 48.6 Å². The van der Waals surface area contributed by atoms with Gasteiger partial charge in [0.1, 0.15) is 5.00 Å². The molecule has 0 radical (unpaired) electrons. The van der Waals surface area contributed by atoms with E-state index in [9.17, 15) is 4.79 Å². The van der Waals surface area contributed by atoms with Crippen LogP contribution in [-0.2, 0) is 22.4 Å².